The van der Waals surface area contributed by atoms with E-state index in [1.807, 2.05) is 35.2 Å². The second-order valence-electron chi connectivity index (χ2n) is 6.90. The maximum absolute atomic E-state index is 13.3. The number of hydrogen-bond acceptors (Lipinski definition) is 3. The minimum atomic E-state index is -0.800. The van der Waals surface area contributed by atoms with Crippen LogP contribution in [0.3, 0.4) is 0 Å². The number of fused-ring (bicyclic) bond motifs is 1. The first-order valence-corrected chi connectivity index (χ1v) is 9.16. The van der Waals surface area contributed by atoms with Gasteiger partial charge in [-0.1, -0.05) is 41.9 Å². The fourth-order valence-electron chi connectivity index (χ4n) is 3.79. The Kier molecular flexibility index (Phi) is 4.83. The number of rotatable bonds is 4. The van der Waals surface area contributed by atoms with E-state index < -0.39 is 11.9 Å². The van der Waals surface area contributed by atoms with Gasteiger partial charge in [0, 0.05) is 31.7 Å². The molecule has 6 heteroatoms. The van der Waals surface area contributed by atoms with Gasteiger partial charge in [-0.2, -0.15) is 0 Å². The standard InChI is InChI=1S/C20H20ClFN2O2/c21-17-8-16(22)6-7-18(17)26-19(13-4-2-1-3-5-13)20(25)24-11-14-9-23-10-15(14)12-24/h1-8,14-15,19,23H,9-12H2/t14-,15+,19?. The van der Waals surface area contributed by atoms with Gasteiger partial charge < -0.3 is 15.0 Å². The summed E-state index contributed by atoms with van der Waals surface area (Å²) in [5.41, 5.74) is 0.757. The Morgan fingerprint density at radius 1 is 1.15 bits per heavy atom. The largest absolute Gasteiger partial charge is 0.474 e. The van der Waals surface area contributed by atoms with Crippen molar-refractivity contribution < 1.29 is 13.9 Å². The molecule has 0 bridgehead atoms. The Morgan fingerprint density at radius 3 is 2.50 bits per heavy atom. The molecule has 1 N–H and O–H groups in total. The number of nitrogens with zero attached hydrogens (tertiary/aromatic N) is 1. The second-order valence-corrected chi connectivity index (χ2v) is 7.31. The second kappa shape index (κ2) is 7.25. The molecule has 1 amide bonds. The lowest BCUT2D eigenvalue weighted by atomic mass is 10.0. The van der Waals surface area contributed by atoms with Crippen molar-refractivity contribution in [3.05, 3.63) is 64.9 Å². The molecule has 0 radical (unpaired) electrons. The van der Waals surface area contributed by atoms with Gasteiger partial charge in [-0.3, -0.25) is 4.79 Å². The molecule has 2 heterocycles. The minimum absolute atomic E-state index is 0.0778. The van der Waals surface area contributed by atoms with Gasteiger partial charge in [-0.05, 0) is 30.0 Å². The van der Waals surface area contributed by atoms with E-state index in [1.165, 1.54) is 18.2 Å². The highest BCUT2D eigenvalue weighted by Crippen LogP contribution is 2.33. The molecule has 0 aliphatic carbocycles. The van der Waals surface area contributed by atoms with Crippen molar-refractivity contribution in [1.29, 1.82) is 0 Å². The molecule has 2 aliphatic rings. The Labute approximate surface area is 156 Å². The summed E-state index contributed by atoms with van der Waals surface area (Å²) in [7, 11) is 0. The average molecular weight is 375 g/mol. The molecule has 2 fully saturated rings. The van der Waals surface area contributed by atoms with Gasteiger partial charge in [-0.15, -0.1) is 0 Å². The molecule has 2 saturated heterocycles. The smallest absolute Gasteiger partial charge is 0.268 e. The first kappa shape index (κ1) is 17.3. The van der Waals surface area contributed by atoms with Crippen LogP contribution in [0.15, 0.2) is 48.5 Å². The summed E-state index contributed by atoms with van der Waals surface area (Å²) in [6, 6.07) is 13.3. The molecule has 136 valence electrons. The Bertz CT molecular complexity index is 790. The number of benzene rings is 2. The molecule has 2 aromatic rings. The molecule has 4 rings (SSSR count). The quantitative estimate of drug-likeness (QED) is 0.893. The van der Waals surface area contributed by atoms with E-state index in [0.717, 1.165) is 31.7 Å². The van der Waals surface area contributed by atoms with Crippen molar-refractivity contribution in [2.45, 2.75) is 6.10 Å². The topological polar surface area (TPSA) is 41.6 Å². The van der Waals surface area contributed by atoms with Crippen LogP contribution in [0.5, 0.6) is 5.75 Å². The molecular formula is C20H20ClFN2O2. The molecule has 2 aromatic carbocycles. The third-order valence-corrected chi connectivity index (χ3v) is 5.46. The number of carbonyl (C=O) groups excluding carboxylic acids is 1. The summed E-state index contributed by atoms with van der Waals surface area (Å²) < 4.78 is 19.3. The van der Waals surface area contributed by atoms with E-state index in [-0.39, 0.29) is 10.9 Å². The lowest BCUT2D eigenvalue weighted by Gasteiger charge is -2.25. The normalized spacial score (nSPS) is 22.9. The minimum Gasteiger partial charge on any atom is -0.474 e. The number of halogens is 2. The van der Waals surface area contributed by atoms with Crippen LogP contribution in [0.4, 0.5) is 4.39 Å². The zero-order chi connectivity index (χ0) is 18.1. The highest BCUT2D eigenvalue weighted by Gasteiger charge is 2.40. The zero-order valence-corrected chi connectivity index (χ0v) is 15.0. The van der Waals surface area contributed by atoms with Crippen LogP contribution in [0.2, 0.25) is 5.02 Å². The van der Waals surface area contributed by atoms with E-state index in [2.05, 4.69) is 5.32 Å². The summed E-state index contributed by atoms with van der Waals surface area (Å²) in [6.45, 7) is 3.38. The number of hydrogen-bond donors (Lipinski definition) is 1. The Balaban J connectivity index is 1.60. The molecule has 1 unspecified atom stereocenters. The van der Waals surface area contributed by atoms with Crippen molar-refractivity contribution in [3.8, 4) is 5.75 Å². The summed E-state index contributed by atoms with van der Waals surface area (Å²) in [6.07, 6.45) is -0.800. The molecule has 0 aromatic heterocycles. The molecule has 0 saturated carbocycles. The number of ether oxygens (including phenoxy) is 1. The number of nitrogens with one attached hydrogen (secondary N) is 1. The van der Waals surface area contributed by atoms with E-state index in [0.29, 0.717) is 17.6 Å². The van der Waals surface area contributed by atoms with Crippen LogP contribution in [0, 0.1) is 17.7 Å². The van der Waals surface area contributed by atoms with Gasteiger partial charge in [-0.25, -0.2) is 4.39 Å². The average Bonchev–Trinajstić information content (AvgIpc) is 3.23. The maximum Gasteiger partial charge on any atom is 0.268 e. The summed E-state index contributed by atoms with van der Waals surface area (Å²) in [5, 5.41) is 3.53. The number of amides is 1. The van der Waals surface area contributed by atoms with Crippen molar-refractivity contribution in [3.63, 3.8) is 0 Å². The predicted octanol–water partition coefficient (Wildman–Crippen LogP) is 3.28. The van der Waals surface area contributed by atoms with Gasteiger partial charge in [0.25, 0.3) is 5.91 Å². The summed E-state index contributed by atoms with van der Waals surface area (Å²) in [4.78, 5) is 15.1. The summed E-state index contributed by atoms with van der Waals surface area (Å²) >= 11 is 6.11. The monoisotopic (exact) mass is 374 g/mol. The SMILES string of the molecule is O=C(C(Oc1ccc(F)cc1Cl)c1ccccc1)N1C[C@H]2CNC[C@H]2C1. The van der Waals surface area contributed by atoms with Gasteiger partial charge in [0.15, 0.2) is 0 Å². The third kappa shape index (κ3) is 3.41. The van der Waals surface area contributed by atoms with Crippen LogP contribution in [0.25, 0.3) is 0 Å². The lowest BCUT2D eigenvalue weighted by Crippen LogP contribution is -2.37. The molecule has 26 heavy (non-hydrogen) atoms. The van der Waals surface area contributed by atoms with E-state index in [1.54, 1.807) is 0 Å². The van der Waals surface area contributed by atoms with Crippen LogP contribution in [-0.2, 0) is 4.79 Å². The number of likely N-dealkylation sites (tertiary alicyclic amines) is 1. The number of carbonyl (C=O) groups is 1. The van der Waals surface area contributed by atoms with Crippen LogP contribution in [-0.4, -0.2) is 37.0 Å². The van der Waals surface area contributed by atoms with Crippen LogP contribution in [0.1, 0.15) is 11.7 Å². The van der Waals surface area contributed by atoms with Gasteiger partial charge >= 0.3 is 0 Å². The fourth-order valence-corrected chi connectivity index (χ4v) is 4.00. The van der Waals surface area contributed by atoms with E-state index >= 15 is 0 Å². The summed E-state index contributed by atoms with van der Waals surface area (Å²) in [5.74, 6) is 0.793. The molecule has 4 nitrogen and oxygen atoms in total. The van der Waals surface area contributed by atoms with E-state index in [9.17, 15) is 9.18 Å². The highest BCUT2D eigenvalue weighted by molar-refractivity contribution is 6.32. The zero-order valence-electron chi connectivity index (χ0n) is 14.2. The Hall–Kier alpha value is -2.11. The van der Waals surface area contributed by atoms with Crippen molar-refractivity contribution in [2.24, 2.45) is 11.8 Å². The highest BCUT2D eigenvalue weighted by atomic mass is 35.5. The van der Waals surface area contributed by atoms with Gasteiger partial charge in [0.2, 0.25) is 6.10 Å². The molecular weight excluding hydrogens is 355 g/mol. The van der Waals surface area contributed by atoms with Gasteiger partial charge in [0.1, 0.15) is 11.6 Å². The van der Waals surface area contributed by atoms with E-state index in [4.69, 9.17) is 16.3 Å². The lowest BCUT2D eigenvalue weighted by molar-refractivity contribution is -0.138. The van der Waals surface area contributed by atoms with Crippen molar-refractivity contribution in [1.82, 2.24) is 10.2 Å². The van der Waals surface area contributed by atoms with Crippen molar-refractivity contribution in [2.75, 3.05) is 26.2 Å². The Morgan fingerprint density at radius 2 is 1.85 bits per heavy atom. The first-order valence-electron chi connectivity index (χ1n) is 8.78. The van der Waals surface area contributed by atoms with Gasteiger partial charge in [0.05, 0.1) is 5.02 Å². The van der Waals surface area contributed by atoms with Crippen LogP contribution < -0.4 is 10.1 Å². The van der Waals surface area contributed by atoms with Crippen molar-refractivity contribution >= 4 is 17.5 Å². The van der Waals surface area contributed by atoms with Crippen LogP contribution >= 0.6 is 11.6 Å². The molecule has 2 aliphatic heterocycles. The maximum atomic E-state index is 13.3. The third-order valence-electron chi connectivity index (χ3n) is 5.17. The first-order chi connectivity index (χ1) is 12.6. The fraction of sp³-hybridized carbons (Fsp3) is 0.350. The predicted molar refractivity (Wildman–Crippen MR) is 97.7 cm³/mol. The molecule has 0 spiro atoms. The molecule has 3 atom stereocenters.